The first kappa shape index (κ1) is 17.0. The van der Waals surface area contributed by atoms with Crippen molar-refractivity contribution in [3.8, 4) is 0 Å². The van der Waals surface area contributed by atoms with Crippen LogP contribution in [0, 0.1) is 5.92 Å². The van der Waals surface area contributed by atoms with Crippen LogP contribution in [0.4, 0.5) is 0 Å². The Bertz CT molecular complexity index is 625. The Morgan fingerprint density at radius 1 is 1.29 bits per heavy atom. The maximum absolute atomic E-state index is 12.3. The van der Waals surface area contributed by atoms with E-state index in [2.05, 4.69) is 5.16 Å². The molecule has 0 radical (unpaired) electrons. The van der Waals surface area contributed by atoms with Crippen molar-refractivity contribution in [1.29, 1.82) is 0 Å². The number of carboxylic acids is 1. The third kappa shape index (κ3) is 3.31. The van der Waals surface area contributed by atoms with E-state index in [9.17, 15) is 14.7 Å². The van der Waals surface area contributed by atoms with Gasteiger partial charge in [-0.2, -0.15) is 0 Å². The summed E-state index contributed by atoms with van der Waals surface area (Å²) in [6, 6.07) is -0.563. The van der Waals surface area contributed by atoms with Gasteiger partial charge >= 0.3 is 5.97 Å². The lowest BCUT2D eigenvalue weighted by atomic mass is 9.90. The first-order valence-corrected chi connectivity index (χ1v) is 8.61. The summed E-state index contributed by atoms with van der Waals surface area (Å²) in [5.41, 5.74) is 1.99. The van der Waals surface area contributed by atoms with Crippen molar-refractivity contribution in [2.45, 2.75) is 51.1 Å². The molecular formula is C17H25N3O4. The Labute approximate surface area is 141 Å². The molecule has 0 saturated carbocycles. The lowest BCUT2D eigenvalue weighted by molar-refractivity contribution is -0.148. The summed E-state index contributed by atoms with van der Waals surface area (Å²) in [4.78, 5) is 27.3. The highest BCUT2D eigenvalue weighted by atomic mass is 16.5. The number of aryl methyl sites for hydroxylation is 1. The second-order valence-corrected chi connectivity index (χ2v) is 7.03. The Morgan fingerprint density at radius 3 is 2.75 bits per heavy atom. The summed E-state index contributed by atoms with van der Waals surface area (Å²) in [5.74, 6) is 0.0218. The van der Waals surface area contributed by atoms with E-state index in [1.54, 1.807) is 19.0 Å². The Balaban J connectivity index is 1.78. The molecule has 0 bridgehead atoms. The average Bonchev–Trinajstić information content (AvgIpc) is 2.97. The molecule has 1 fully saturated rings. The number of aliphatic carboxylic acids is 1. The average molecular weight is 335 g/mol. The van der Waals surface area contributed by atoms with Gasteiger partial charge in [0.2, 0.25) is 5.91 Å². The minimum Gasteiger partial charge on any atom is -0.480 e. The van der Waals surface area contributed by atoms with Crippen molar-refractivity contribution in [3.05, 3.63) is 17.0 Å². The minimum absolute atomic E-state index is 0.0611. The molecule has 1 N–H and O–H groups in total. The molecule has 0 aromatic carbocycles. The van der Waals surface area contributed by atoms with Crippen molar-refractivity contribution in [2.75, 3.05) is 20.6 Å². The van der Waals surface area contributed by atoms with Gasteiger partial charge in [-0.1, -0.05) is 5.16 Å². The molecule has 3 rings (SSSR count). The summed E-state index contributed by atoms with van der Waals surface area (Å²) in [5, 5.41) is 13.7. The van der Waals surface area contributed by atoms with Crippen molar-refractivity contribution < 1.29 is 19.2 Å². The molecule has 1 aromatic rings. The maximum atomic E-state index is 12.3. The van der Waals surface area contributed by atoms with Crippen LogP contribution in [0.3, 0.4) is 0 Å². The molecule has 2 atom stereocenters. The van der Waals surface area contributed by atoms with Gasteiger partial charge in [0, 0.05) is 39.2 Å². The lowest BCUT2D eigenvalue weighted by Gasteiger charge is -2.37. The van der Waals surface area contributed by atoms with E-state index in [4.69, 9.17) is 4.52 Å². The Morgan fingerprint density at radius 2 is 2.04 bits per heavy atom. The molecule has 7 nitrogen and oxygen atoms in total. The zero-order chi connectivity index (χ0) is 17.3. The topological polar surface area (TPSA) is 86.9 Å². The first-order chi connectivity index (χ1) is 11.5. The number of carbonyl (C=O) groups is 2. The predicted octanol–water partition coefficient (Wildman–Crippen LogP) is 1.31. The van der Waals surface area contributed by atoms with Crippen LogP contribution in [0.25, 0.3) is 0 Å². The lowest BCUT2D eigenvalue weighted by Crippen LogP contribution is -2.50. The van der Waals surface area contributed by atoms with E-state index >= 15 is 0 Å². The highest BCUT2D eigenvalue weighted by molar-refractivity contribution is 5.79. The number of rotatable bonds is 4. The molecule has 132 valence electrons. The number of amides is 1. The zero-order valence-corrected chi connectivity index (χ0v) is 14.3. The SMILES string of the molecule is CN(C)C(=O)C1CCC(C(=O)O)N(Cc2noc3c2CCCC3)C1. The fraction of sp³-hybridized carbons (Fsp3) is 0.706. The number of piperidine rings is 1. The van der Waals surface area contributed by atoms with E-state index in [0.717, 1.165) is 42.7 Å². The molecule has 24 heavy (non-hydrogen) atoms. The molecule has 0 spiro atoms. The van der Waals surface area contributed by atoms with E-state index < -0.39 is 12.0 Å². The largest absolute Gasteiger partial charge is 0.480 e. The van der Waals surface area contributed by atoms with Gasteiger partial charge in [-0.05, 0) is 32.1 Å². The van der Waals surface area contributed by atoms with E-state index in [-0.39, 0.29) is 11.8 Å². The number of nitrogens with zero attached hydrogens (tertiary/aromatic N) is 3. The third-order valence-electron chi connectivity index (χ3n) is 5.14. The molecule has 2 aliphatic rings. The number of aromatic nitrogens is 1. The Kier molecular flexibility index (Phi) is 4.89. The number of fused-ring (bicyclic) bond motifs is 1. The van der Waals surface area contributed by atoms with Crippen LogP contribution in [-0.4, -0.2) is 58.6 Å². The maximum Gasteiger partial charge on any atom is 0.320 e. The summed E-state index contributed by atoms with van der Waals surface area (Å²) in [6.07, 6.45) is 5.18. The molecule has 2 heterocycles. The fourth-order valence-electron chi connectivity index (χ4n) is 3.83. The van der Waals surface area contributed by atoms with Gasteiger partial charge in [0.25, 0.3) is 0 Å². The van der Waals surface area contributed by atoms with Gasteiger partial charge in [-0.15, -0.1) is 0 Å². The van der Waals surface area contributed by atoms with E-state index in [1.165, 1.54) is 0 Å². The van der Waals surface area contributed by atoms with Gasteiger partial charge in [-0.3, -0.25) is 14.5 Å². The van der Waals surface area contributed by atoms with Gasteiger partial charge in [0.05, 0.1) is 5.92 Å². The van der Waals surface area contributed by atoms with E-state index in [1.807, 2.05) is 4.90 Å². The van der Waals surface area contributed by atoms with Crippen LogP contribution in [0.1, 0.15) is 42.7 Å². The molecule has 1 aromatic heterocycles. The number of carboxylic acid groups (broad SMARTS) is 1. The van der Waals surface area contributed by atoms with Gasteiger partial charge in [0.15, 0.2) is 0 Å². The molecular weight excluding hydrogens is 310 g/mol. The quantitative estimate of drug-likeness (QED) is 0.893. The molecule has 1 amide bonds. The number of carbonyl (C=O) groups excluding carboxylic acids is 1. The normalized spacial score (nSPS) is 24.4. The smallest absolute Gasteiger partial charge is 0.320 e. The van der Waals surface area contributed by atoms with Crippen molar-refractivity contribution in [2.24, 2.45) is 5.92 Å². The minimum atomic E-state index is -0.830. The molecule has 7 heteroatoms. The van der Waals surface area contributed by atoms with Crippen LogP contribution in [0.2, 0.25) is 0 Å². The molecule has 1 aliphatic carbocycles. The van der Waals surface area contributed by atoms with Crippen molar-refractivity contribution in [1.82, 2.24) is 15.0 Å². The van der Waals surface area contributed by atoms with Crippen molar-refractivity contribution >= 4 is 11.9 Å². The highest BCUT2D eigenvalue weighted by Crippen LogP contribution is 2.29. The van der Waals surface area contributed by atoms with Gasteiger partial charge in [-0.25, -0.2) is 0 Å². The number of hydrogen-bond donors (Lipinski definition) is 1. The molecule has 1 saturated heterocycles. The van der Waals surface area contributed by atoms with E-state index in [0.29, 0.717) is 25.9 Å². The number of likely N-dealkylation sites (tertiary alicyclic amines) is 1. The summed E-state index contributed by atoms with van der Waals surface area (Å²) in [6.45, 7) is 0.891. The van der Waals surface area contributed by atoms with Gasteiger partial charge in [0.1, 0.15) is 17.5 Å². The predicted molar refractivity (Wildman–Crippen MR) is 86.4 cm³/mol. The molecule has 2 unspecified atom stereocenters. The van der Waals surface area contributed by atoms with Gasteiger partial charge < -0.3 is 14.5 Å². The van der Waals surface area contributed by atoms with Crippen LogP contribution < -0.4 is 0 Å². The zero-order valence-electron chi connectivity index (χ0n) is 14.3. The van der Waals surface area contributed by atoms with Crippen LogP contribution >= 0.6 is 0 Å². The van der Waals surface area contributed by atoms with Crippen molar-refractivity contribution in [3.63, 3.8) is 0 Å². The monoisotopic (exact) mass is 335 g/mol. The molecule has 1 aliphatic heterocycles. The number of hydrogen-bond acceptors (Lipinski definition) is 5. The second-order valence-electron chi connectivity index (χ2n) is 7.03. The van der Waals surface area contributed by atoms with Crippen LogP contribution in [0.5, 0.6) is 0 Å². The first-order valence-electron chi connectivity index (χ1n) is 8.61. The summed E-state index contributed by atoms with van der Waals surface area (Å²) < 4.78 is 5.44. The van der Waals surface area contributed by atoms with Crippen LogP contribution in [-0.2, 0) is 29.0 Å². The fourth-order valence-corrected chi connectivity index (χ4v) is 3.83. The third-order valence-corrected chi connectivity index (χ3v) is 5.14. The standard InChI is InChI=1S/C17H25N3O4/c1-19(2)16(21)11-7-8-14(17(22)23)20(9-11)10-13-12-5-3-4-6-15(12)24-18-13/h11,14H,3-10H2,1-2H3,(H,22,23). The second kappa shape index (κ2) is 6.93. The summed E-state index contributed by atoms with van der Waals surface area (Å²) in [7, 11) is 3.48. The van der Waals surface area contributed by atoms with Crippen LogP contribution in [0.15, 0.2) is 4.52 Å². The Hall–Kier alpha value is -1.89. The summed E-state index contributed by atoms with van der Waals surface area (Å²) >= 11 is 0. The highest BCUT2D eigenvalue weighted by Gasteiger charge is 2.37.